The molecule has 0 spiro atoms. The van der Waals surface area contributed by atoms with Crippen LogP contribution in [0.5, 0.6) is 0 Å². The van der Waals surface area contributed by atoms with Crippen LogP contribution in [-0.4, -0.2) is 25.2 Å². The number of nitrogens with one attached hydrogen (secondary N) is 1. The van der Waals surface area contributed by atoms with Crippen LogP contribution < -0.4 is 5.32 Å². The molecular formula is C14H26N2OS. The predicted octanol–water partition coefficient (Wildman–Crippen LogP) is 3.41. The van der Waals surface area contributed by atoms with E-state index in [-0.39, 0.29) is 5.41 Å². The molecule has 1 N–H and O–H groups in total. The first-order valence-corrected chi connectivity index (χ1v) is 7.38. The molecule has 1 heterocycles. The lowest BCUT2D eigenvalue weighted by atomic mass is 9.77. The second-order valence-corrected chi connectivity index (χ2v) is 6.80. The van der Waals surface area contributed by atoms with Crippen LogP contribution in [0.15, 0.2) is 5.38 Å². The molecule has 0 aliphatic heterocycles. The third-order valence-corrected chi connectivity index (χ3v) is 4.48. The van der Waals surface area contributed by atoms with Gasteiger partial charge >= 0.3 is 0 Å². The molecule has 0 bridgehead atoms. The molecule has 104 valence electrons. The third-order valence-electron chi connectivity index (χ3n) is 3.44. The van der Waals surface area contributed by atoms with Crippen molar-refractivity contribution in [2.24, 2.45) is 11.3 Å². The van der Waals surface area contributed by atoms with Crippen molar-refractivity contribution in [2.45, 2.75) is 40.7 Å². The number of methoxy groups -OCH3 is 1. The highest BCUT2D eigenvalue weighted by atomic mass is 32.1. The summed E-state index contributed by atoms with van der Waals surface area (Å²) in [5.41, 5.74) is 1.36. The van der Waals surface area contributed by atoms with Crippen LogP contribution in [0.25, 0.3) is 0 Å². The third kappa shape index (κ3) is 4.34. The summed E-state index contributed by atoms with van der Waals surface area (Å²) in [4.78, 5) is 4.64. The summed E-state index contributed by atoms with van der Waals surface area (Å²) in [7, 11) is 1.73. The van der Waals surface area contributed by atoms with Crippen molar-refractivity contribution >= 4 is 11.3 Å². The van der Waals surface area contributed by atoms with Gasteiger partial charge in [0, 0.05) is 24.7 Å². The Labute approximate surface area is 115 Å². The maximum atomic E-state index is 5.12. The Bertz CT molecular complexity index is 357. The van der Waals surface area contributed by atoms with Crippen LogP contribution in [0.3, 0.4) is 0 Å². The summed E-state index contributed by atoms with van der Waals surface area (Å²) >= 11 is 1.75. The summed E-state index contributed by atoms with van der Waals surface area (Å²) in [5.74, 6) is 0.514. The molecule has 0 aromatic carbocycles. The van der Waals surface area contributed by atoms with E-state index < -0.39 is 0 Å². The number of ether oxygens (including phenoxy) is 1. The second kappa shape index (κ2) is 6.64. The Kier molecular flexibility index (Phi) is 5.76. The number of aryl methyl sites for hydroxylation is 1. The van der Waals surface area contributed by atoms with E-state index >= 15 is 0 Å². The van der Waals surface area contributed by atoms with E-state index in [9.17, 15) is 0 Å². The fraction of sp³-hybridized carbons (Fsp3) is 0.786. The predicted molar refractivity (Wildman–Crippen MR) is 78.1 cm³/mol. The van der Waals surface area contributed by atoms with Gasteiger partial charge in [-0.15, -0.1) is 11.3 Å². The normalized spacial score (nSPS) is 15.7. The van der Waals surface area contributed by atoms with Gasteiger partial charge in [-0.1, -0.05) is 27.7 Å². The molecule has 0 amide bonds. The Morgan fingerprint density at radius 2 is 2.11 bits per heavy atom. The zero-order chi connectivity index (χ0) is 13.8. The van der Waals surface area contributed by atoms with Crippen LogP contribution in [0, 0.1) is 18.3 Å². The van der Waals surface area contributed by atoms with Gasteiger partial charge in [0.2, 0.25) is 0 Å². The molecule has 2 unspecified atom stereocenters. The first-order valence-electron chi connectivity index (χ1n) is 6.50. The van der Waals surface area contributed by atoms with E-state index in [1.54, 1.807) is 18.4 Å². The minimum Gasteiger partial charge on any atom is -0.383 e. The molecule has 0 aliphatic rings. The van der Waals surface area contributed by atoms with Crippen molar-refractivity contribution in [3.05, 3.63) is 16.1 Å². The summed E-state index contributed by atoms with van der Waals surface area (Å²) in [6.45, 7) is 12.8. The first-order chi connectivity index (χ1) is 8.36. The summed E-state index contributed by atoms with van der Waals surface area (Å²) < 4.78 is 5.12. The quantitative estimate of drug-likeness (QED) is 0.804. The van der Waals surface area contributed by atoms with E-state index in [0.29, 0.717) is 12.0 Å². The molecule has 0 saturated heterocycles. The van der Waals surface area contributed by atoms with Crippen molar-refractivity contribution in [2.75, 3.05) is 20.3 Å². The van der Waals surface area contributed by atoms with Crippen LogP contribution in [-0.2, 0) is 4.74 Å². The zero-order valence-electron chi connectivity index (χ0n) is 12.4. The Morgan fingerprint density at radius 3 is 2.56 bits per heavy atom. The maximum Gasteiger partial charge on any atom is 0.110 e. The van der Waals surface area contributed by atoms with Gasteiger partial charge in [0.1, 0.15) is 5.01 Å². The van der Waals surface area contributed by atoms with E-state index in [0.717, 1.165) is 18.8 Å². The minimum atomic E-state index is 0.254. The molecule has 0 fully saturated rings. The van der Waals surface area contributed by atoms with Crippen LogP contribution in [0.4, 0.5) is 0 Å². The SMILES string of the molecule is COCCNC(c1nc(C)cs1)C(C)C(C)(C)C. The first kappa shape index (κ1) is 15.6. The minimum absolute atomic E-state index is 0.254. The average molecular weight is 270 g/mol. The van der Waals surface area contributed by atoms with Crippen molar-refractivity contribution in [3.8, 4) is 0 Å². The lowest BCUT2D eigenvalue weighted by molar-refractivity contribution is 0.166. The average Bonchev–Trinajstić information content (AvgIpc) is 2.69. The standard InChI is InChI=1S/C14H26N2OS/c1-10-9-18-13(16-10)12(15-7-8-17-6)11(2)14(3,4)5/h9,11-12,15H,7-8H2,1-6H3. The Morgan fingerprint density at radius 1 is 1.44 bits per heavy atom. The van der Waals surface area contributed by atoms with Crippen molar-refractivity contribution in [1.82, 2.24) is 10.3 Å². The van der Waals surface area contributed by atoms with E-state index in [4.69, 9.17) is 4.74 Å². The van der Waals surface area contributed by atoms with Gasteiger partial charge in [-0.05, 0) is 18.3 Å². The molecule has 0 saturated carbocycles. The Balaban J connectivity index is 2.81. The lowest BCUT2D eigenvalue weighted by Crippen LogP contribution is -2.35. The van der Waals surface area contributed by atoms with Gasteiger partial charge in [-0.3, -0.25) is 0 Å². The van der Waals surface area contributed by atoms with Crippen molar-refractivity contribution < 1.29 is 4.74 Å². The molecule has 0 radical (unpaired) electrons. The second-order valence-electron chi connectivity index (χ2n) is 5.91. The Hall–Kier alpha value is -0.450. The molecule has 1 aromatic heterocycles. The molecule has 2 atom stereocenters. The van der Waals surface area contributed by atoms with Gasteiger partial charge in [-0.2, -0.15) is 0 Å². The zero-order valence-corrected chi connectivity index (χ0v) is 13.2. The van der Waals surface area contributed by atoms with E-state index in [1.807, 2.05) is 6.92 Å². The number of nitrogens with zero attached hydrogens (tertiary/aromatic N) is 1. The molecular weight excluding hydrogens is 244 g/mol. The molecule has 4 heteroatoms. The molecule has 3 nitrogen and oxygen atoms in total. The van der Waals surface area contributed by atoms with Crippen molar-refractivity contribution in [1.29, 1.82) is 0 Å². The summed E-state index contributed by atoms with van der Waals surface area (Å²) in [6.07, 6.45) is 0. The maximum absolute atomic E-state index is 5.12. The fourth-order valence-corrected chi connectivity index (χ4v) is 2.78. The molecule has 1 rings (SSSR count). The number of rotatable bonds is 6. The monoisotopic (exact) mass is 270 g/mol. The largest absolute Gasteiger partial charge is 0.383 e. The topological polar surface area (TPSA) is 34.1 Å². The molecule has 18 heavy (non-hydrogen) atoms. The summed E-state index contributed by atoms with van der Waals surface area (Å²) in [6, 6.07) is 0.304. The van der Waals surface area contributed by atoms with Crippen LogP contribution >= 0.6 is 11.3 Å². The van der Waals surface area contributed by atoms with Gasteiger partial charge in [0.25, 0.3) is 0 Å². The van der Waals surface area contributed by atoms with E-state index in [2.05, 4.69) is 43.4 Å². The smallest absolute Gasteiger partial charge is 0.110 e. The highest BCUT2D eigenvalue weighted by Gasteiger charge is 2.30. The van der Waals surface area contributed by atoms with Gasteiger partial charge in [0.05, 0.1) is 12.6 Å². The summed E-state index contributed by atoms with van der Waals surface area (Å²) in [5, 5.41) is 6.89. The fourth-order valence-electron chi connectivity index (χ4n) is 1.81. The lowest BCUT2D eigenvalue weighted by Gasteiger charge is -2.34. The molecule has 0 aliphatic carbocycles. The number of hydrogen-bond acceptors (Lipinski definition) is 4. The highest BCUT2D eigenvalue weighted by Crippen LogP contribution is 2.36. The van der Waals surface area contributed by atoms with Gasteiger partial charge in [0.15, 0.2) is 0 Å². The molecule has 1 aromatic rings. The number of aromatic nitrogens is 1. The van der Waals surface area contributed by atoms with Gasteiger partial charge < -0.3 is 10.1 Å². The van der Waals surface area contributed by atoms with E-state index in [1.165, 1.54) is 5.01 Å². The van der Waals surface area contributed by atoms with Crippen LogP contribution in [0.1, 0.15) is 44.4 Å². The number of thiazole rings is 1. The highest BCUT2D eigenvalue weighted by molar-refractivity contribution is 7.09. The van der Waals surface area contributed by atoms with Crippen molar-refractivity contribution in [3.63, 3.8) is 0 Å². The van der Waals surface area contributed by atoms with Crippen LogP contribution in [0.2, 0.25) is 0 Å². The number of hydrogen-bond donors (Lipinski definition) is 1. The van der Waals surface area contributed by atoms with Gasteiger partial charge in [-0.25, -0.2) is 4.98 Å².